The molecule has 0 aliphatic rings. The largest absolute Gasteiger partial charge is 0.329 e. The van der Waals surface area contributed by atoms with E-state index in [0.29, 0.717) is 5.56 Å². The van der Waals surface area contributed by atoms with Crippen LogP contribution in [-0.4, -0.2) is 12.5 Å². The summed E-state index contributed by atoms with van der Waals surface area (Å²) in [6.07, 6.45) is 0. The van der Waals surface area contributed by atoms with Gasteiger partial charge in [-0.25, -0.2) is 8.78 Å². The highest BCUT2D eigenvalue weighted by atomic mass is 79.9. The first-order valence-electron chi connectivity index (χ1n) is 6.23. The Morgan fingerprint density at radius 1 is 1.19 bits per heavy atom. The number of nitrogens with two attached hydrogens (primary N) is 1. The fourth-order valence-electron chi connectivity index (χ4n) is 1.95. The van der Waals surface area contributed by atoms with Crippen LogP contribution in [0.1, 0.15) is 11.5 Å². The van der Waals surface area contributed by atoms with Crippen LogP contribution >= 0.6 is 15.9 Å². The summed E-state index contributed by atoms with van der Waals surface area (Å²) < 4.78 is 27.7. The van der Waals surface area contributed by atoms with E-state index < -0.39 is 29.1 Å². The summed E-state index contributed by atoms with van der Waals surface area (Å²) in [6.45, 7) is 0.0373. The average Bonchev–Trinajstić information content (AvgIpc) is 2.45. The maximum Gasteiger partial charge on any atom is 0.233 e. The molecular formula is C15H13BrF2N2O. The van der Waals surface area contributed by atoms with Crippen LogP contribution in [0.4, 0.5) is 14.5 Å². The van der Waals surface area contributed by atoms with Gasteiger partial charge in [0.2, 0.25) is 5.91 Å². The summed E-state index contributed by atoms with van der Waals surface area (Å²) in [7, 11) is 0. The van der Waals surface area contributed by atoms with Gasteiger partial charge in [0.05, 0.1) is 5.92 Å². The van der Waals surface area contributed by atoms with Crippen molar-refractivity contribution in [3.63, 3.8) is 0 Å². The van der Waals surface area contributed by atoms with Crippen molar-refractivity contribution in [3.05, 3.63) is 64.1 Å². The Hall–Kier alpha value is -1.79. The fourth-order valence-corrected chi connectivity index (χ4v) is 2.35. The van der Waals surface area contributed by atoms with E-state index >= 15 is 0 Å². The molecule has 2 aromatic rings. The van der Waals surface area contributed by atoms with Crippen LogP contribution in [0, 0.1) is 11.6 Å². The summed E-state index contributed by atoms with van der Waals surface area (Å²) in [5, 5.41) is 2.27. The lowest BCUT2D eigenvalue weighted by Crippen LogP contribution is -2.28. The third kappa shape index (κ3) is 3.65. The molecule has 0 aromatic heterocycles. The van der Waals surface area contributed by atoms with E-state index in [0.717, 1.165) is 12.1 Å². The number of hydrogen-bond donors (Lipinski definition) is 2. The maximum absolute atomic E-state index is 13.7. The number of carbonyl (C=O) groups excluding carboxylic acids is 1. The molecule has 3 N–H and O–H groups in total. The van der Waals surface area contributed by atoms with E-state index in [1.807, 2.05) is 6.07 Å². The van der Waals surface area contributed by atoms with Gasteiger partial charge in [-0.1, -0.05) is 46.3 Å². The van der Waals surface area contributed by atoms with Crippen LogP contribution in [-0.2, 0) is 4.79 Å². The van der Waals surface area contributed by atoms with Crippen molar-refractivity contribution < 1.29 is 13.6 Å². The van der Waals surface area contributed by atoms with Crippen molar-refractivity contribution in [2.24, 2.45) is 5.73 Å². The number of anilines is 1. The van der Waals surface area contributed by atoms with Gasteiger partial charge >= 0.3 is 0 Å². The predicted molar refractivity (Wildman–Crippen MR) is 80.9 cm³/mol. The molecule has 0 spiro atoms. The molecule has 0 heterocycles. The highest BCUT2D eigenvalue weighted by molar-refractivity contribution is 9.10. The molecule has 3 nitrogen and oxygen atoms in total. The van der Waals surface area contributed by atoms with Gasteiger partial charge in [0.1, 0.15) is 5.69 Å². The van der Waals surface area contributed by atoms with Crippen molar-refractivity contribution >= 4 is 27.5 Å². The SMILES string of the molecule is NCC(C(=O)Nc1c(F)cc(Br)cc1F)c1ccccc1. The summed E-state index contributed by atoms with van der Waals surface area (Å²) in [5.74, 6) is -2.92. The average molecular weight is 355 g/mol. The van der Waals surface area contributed by atoms with Crippen molar-refractivity contribution in [2.75, 3.05) is 11.9 Å². The normalized spacial score (nSPS) is 12.0. The lowest BCUT2D eigenvalue weighted by atomic mass is 9.98. The van der Waals surface area contributed by atoms with Crippen molar-refractivity contribution in [1.29, 1.82) is 0 Å². The van der Waals surface area contributed by atoms with Crippen LogP contribution in [0.3, 0.4) is 0 Å². The standard InChI is InChI=1S/C15H13BrF2N2O/c16-10-6-12(17)14(13(18)7-10)20-15(21)11(8-19)9-4-2-1-3-5-9/h1-7,11H,8,19H2,(H,20,21). The van der Waals surface area contributed by atoms with Crippen molar-refractivity contribution in [3.8, 4) is 0 Å². The van der Waals surface area contributed by atoms with Crippen LogP contribution in [0.2, 0.25) is 0 Å². The highest BCUT2D eigenvalue weighted by Crippen LogP contribution is 2.25. The van der Waals surface area contributed by atoms with Crippen LogP contribution < -0.4 is 11.1 Å². The summed E-state index contributed by atoms with van der Waals surface area (Å²) in [6, 6.07) is 11.0. The first-order chi connectivity index (χ1) is 10.0. The van der Waals surface area contributed by atoms with Gasteiger partial charge in [0, 0.05) is 11.0 Å². The number of benzene rings is 2. The molecule has 2 rings (SSSR count). The monoisotopic (exact) mass is 354 g/mol. The molecule has 1 atom stereocenters. The second-order valence-corrected chi connectivity index (χ2v) is 5.35. The Balaban J connectivity index is 2.25. The van der Waals surface area contributed by atoms with E-state index in [-0.39, 0.29) is 11.0 Å². The van der Waals surface area contributed by atoms with Gasteiger partial charge in [-0.2, -0.15) is 0 Å². The summed E-state index contributed by atoms with van der Waals surface area (Å²) >= 11 is 2.98. The summed E-state index contributed by atoms with van der Waals surface area (Å²) in [5.41, 5.74) is 5.82. The molecular weight excluding hydrogens is 342 g/mol. The van der Waals surface area contributed by atoms with Gasteiger partial charge in [-0.05, 0) is 17.7 Å². The van der Waals surface area contributed by atoms with Gasteiger partial charge in [0.25, 0.3) is 0 Å². The van der Waals surface area contributed by atoms with Gasteiger partial charge in [-0.3, -0.25) is 4.79 Å². The van der Waals surface area contributed by atoms with Crippen molar-refractivity contribution in [1.82, 2.24) is 0 Å². The quantitative estimate of drug-likeness (QED) is 0.883. The molecule has 0 aliphatic heterocycles. The zero-order valence-electron chi connectivity index (χ0n) is 10.9. The zero-order chi connectivity index (χ0) is 15.4. The predicted octanol–water partition coefficient (Wildman–Crippen LogP) is 3.41. The third-order valence-corrected chi connectivity index (χ3v) is 3.47. The first-order valence-corrected chi connectivity index (χ1v) is 7.02. The maximum atomic E-state index is 13.7. The molecule has 0 saturated carbocycles. The molecule has 2 aromatic carbocycles. The Labute approximate surface area is 129 Å². The van der Waals surface area contributed by atoms with E-state index in [1.165, 1.54) is 0 Å². The topological polar surface area (TPSA) is 55.1 Å². The molecule has 6 heteroatoms. The lowest BCUT2D eigenvalue weighted by Gasteiger charge is -2.16. The van der Waals surface area contributed by atoms with Crippen molar-refractivity contribution in [2.45, 2.75) is 5.92 Å². The fraction of sp³-hybridized carbons (Fsp3) is 0.133. The zero-order valence-corrected chi connectivity index (χ0v) is 12.5. The van der Waals surface area contributed by atoms with Crippen LogP contribution in [0.15, 0.2) is 46.9 Å². The van der Waals surface area contributed by atoms with E-state index in [2.05, 4.69) is 21.2 Å². The number of amides is 1. The Kier molecular flexibility index (Phi) is 5.03. The second-order valence-electron chi connectivity index (χ2n) is 4.43. The number of nitrogens with one attached hydrogen (secondary N) is 1. The molecule has 0 radical (unpaired) electrons. The highest BCUT2D eigenvalue weighted by Gasteiger charge is 2.21. The number of rotatable bonds is 4. The molecule has 21 heavy (non-hydrogen) atoms. The smallest absolute Gasteiger partial charge is 0.233 e. The van der Waals surface area contributed by atoms with E-state index in [1.54, 1.807) is 24.3 Å². The Bertz CT molecular complexity index is 626. The van der Waals surface area contributed by atoms with E-state index in [4.69, 9.17) is 5.73 Å². The molecule has 110 valence electrons. The van der Waals surface area contributed by atoms with Crippen LogP contribution in [0.25, 0.3) is 0 Å². The van der Waals surface area contributed by atoms with Gasteiger partial charge in [0.15, 0.2) is 11.6 Å². The molecule has 1 amide bonds. The second kappa shape index (κ2) is 6.78. The lowest BCUT2D eigenvalue weighted by molar-refractivity contribution is -0.117. The molecule has 0 fully saturated rings. The third-order valence-electron chi connectivity index (χ3n) is 3.01. The van der Waals surface area contributed by atoms with Gasteiger partial charge < -0.3 is 11.1 Å². The number of hydrogen-bond acceptors (Lipinski definition) is 2. The Morgan fingerprint density at radius 2 is 1.76 bits per heavy atom. The van der Waals surface area contributed by atoms with E-state index in [9.17, 15) is 13.6 Å². The van der Waals surface area contributed by atoms with Gasteiger partial charge in [-0.15, -0.1) is 0 Å². The van der Waals surface area contributed by atoms with Crippen LogP contribution in [0.5, 0.6) is 0 Å². The Morgan fingerprint density at radius 3 is 2.29 bits per heavy atom. The minimum atomic E-state index is -0.848. The minimum absolute atomic E-state index is 0.0373. The number of carbonyl (C=O) groups is 1. The molecule has 0 bridgehead atoms. The molecule has 0 saturated heterocycles. The molecule has 0 aliphatic carbocycles. The molecule has 1 unspecified atom stereocenters. The first kappa shape index (κ1) is 15.6. The number of halogens is 3. The summed E-state index contributed by atoms with van der Waals surface area (Å²) in [4.78, 5) is 12.2. The minimum Gasteiger partial charge on any atom is -0.329 e.